The predicted octanol–water partition coefficient (Wildman–Crippen LogP) is 2.53. The Morgan fingerprint density at radius 3 is 2.78 bits per heavy atom. The van der Waals surface area contributed by atoms with Crippen LogP contribution in [0.15, 0.2) is 23.2 Å². The van der Waals surface area contributed by atoms with Gasteiger partial charge in [0.1, 0.15) is 12.6 Å². The molecule has 0 bridgehead atoms. The number of hydrogen-bond acceptors (Lipinski definition) is 4. The van der Waals surface area contributed by atoms with E-state index in [9.17, 15) is 0 Å². The maximum Gasteiger partial charge on any atom is 0.282 e. The zero-order valence-electron chi connectivity index (χ0n) is 10.1. The Kier molecular flexibility index (Phi) is 4.19. The van der Waals surface area contributed by atoms with Crippen molar-refractivity contribution in [2.75, 3.05) is 24.6 Å². The molecule has 18 heavy (non-hydrogen) atoms. The summed E-state index contributed by atoms with van der Waals surface area (Å²) < 4.78 is 5.14. The van der Waals surface area contributed by atoms with E-state index in [0.29, 0.717) is 16.7 Å². The second-order valence-corrected chi connectivity index (χ2v) is 4.88. The summed E-state index contributed by atoms with van der Waals surface area (Å²) in [6.45, 7) is 4.20. The first-order chi connectivity index (χ1) is 8.60. The number of ether oxygens (including phenoxy) is 1. The van der Waals surface area contributed by atoms with Crippen molar-refractivity contribution in [3.63, 3.8) is 0 Å². The van der Waals surface area contributed by atoms with Crippen LogP contribution in [0.4, 0.5) is 5.69 Å². The summed E-state index contributed by atoms with van der Waals surface area (Å²) in [5.41, 5.74) is 6.52. The number of anilines is 1. The van der Waals surface area contributed by atoms with E-state index in [2.05, 4.69) is 16.8 Å². The first-order valence-electron chi connectivity index (χ1n) is 5.76. The highest BCUT2D eigenvalue weighted by Gasteiger charge is 2.20. The second kappa shape index (κ2) is 5.67. The molecule has 2 rings (SSSR count). The molecule has 1 atom stereocenters. The molecular weight excluding hydrogens is 273 g/mol. The van der Waals surface area contributed by atoms with Gasteiger partial charge in [-0.3, -0.25) is 0 Å². The summed E-state index contributed by atoms with van der Waals surface area (Å²) >= 11 is 11.9. The molecule has 0 saturated carbocycles. The van der Waals surface area contributed by atoms with Gasteiger partial charge in [0, 0.05) is 18.8 Å². The Morgan fingerprint density at radius 1 is 1.44 bits per heavy atom. The normalized spacial score (nSPS) is 18.4. The molecular formula is C12H15Cl2N3O. The zero-order chi connectivity index (χ0) is 13.1. The molecule has 4 nitrogen and oxygen atoms in total. The van der Waals surface area contributed by atoms with Crippen molar-refractivity contribution >= 4 is 34.9 Å². The monoisotopic (exact) mass is 287 g/mol. The van der Waals surface area contributed by atoms with Crippen molar-refractivity contribution in [2.24, 2.45) is 10.7 Å². The lowest BCUT2D eigenvalue weighted by molar-refractivity contribution is 0.313. The fourth-order valence-corrected chi connectivity index (χ4v) is 2.18. The molecule has 0 aromatic heterocycles. The lowest BCUT2D eigenvalue weighted by Gasteiger charge is -2.25. The number of nitrogens with zero attached hydrogens (tertiary/aromatic N) is 2. The van der Waals surface area contributed by atoms with E-state index >= 15 is 0 Å². The minimum atomic E-state index is 0.0689. The van der Waals surface area contributed by atoms with Crippen LogP contribution < -0.4 is 10.6 Å². The molecule has 0 aliphatic carbocycles. The third-order valence-electron chi connectivity index (χ3n) is 2.81. The van der Waals surface area contributed by atoms with Gasteiger partial charge in [-0.15, -0.1) is 0 Å². The average molecular weight is 288 g/mol. The highest BCUT2D eigenvalue weighted by Crippen LogP contribution is 2.27. The Bertz CT molecular complexity index is 465. The van der Waals surface area contributed by atoms with Crippen LogP contribution in [0.2, 0.25) is 10.0 Å². The average Bonchev–Trinajstić information content (AvgIpc) is 2.75. The van der Waals surface area contributed by atoms with Gasteiger partial charge in [-0.25, -0.2) is 4.99 Å². The molecule has 0 saturated heterocycles. The molecule has 1 unspecified atom stereocenters. The Morgan fingerprint density at radius 2 is 2.22 bits per heavy atom. The van der Waals surface area contributed by atoms with Gasteiger partial charge in [0.15, 0.2) is 0 Å². The van der Waals surface area contributed by atoms with E-state index < -0.39 is 0 Å². The van der Waals surface area contributed by atoms with Crippen LogP contribution in [0, 0.1) is 0 Å². The SMILES string of the molecule is CCN(CC1COC(N)=N1)c1ccc(Cl)c(Cl)c1. The number of likely N-dealkylation sites (N-methyl/N-ethyl adjacent to an activating group) is 1. The van der Waals surface area contributed by atoms with Crippen LogP contribution >= 0.6 is 23.2 Å². The molecule has 1 aliphatic rings. The molecule has 1 aromatic rings. The molecule has 1 aliphatic heterocycles. The fraction of sp³-hybridized carbons (Fsp3) is 0.417. The summed E-state index contributed by atoms with van der Waals surface area (Å²) in [6.07, 6.45) is 0. The van der Waals surface area contributed by atoms with Crippen LogP contribution in [-0.2, 0) is 4.74 Å². The highest BCUT2D eigenvalue weighted by molar-refractivity contribution is 6.42. The van der Waals surface area contributed by atoms with Gasteiger partial charge in [-0.2, -0.15) is 0 Å². The third-order valence-corrected chi connectivity index (χ3v) is 3.55. The standard InChI is InChI=1S/C12H15Cl2N3O/c1-2-17(6-8-7-18-12(15)16-8)9-3-4-10(13)11(14)5-9/h3-5,8H,2,6-7H2,1H3,(H2,15,16). The number of hydrogen-bond donors (Lipinski definition) is 1. The molecule has 0 fully saturated rings. The van der Waals surface area contributed by atoms with Crippen molar-refractivity contribution in [2.45, 2.75) is 13.0 Å². The van der Waals surface area contributed by atoms with E-state index in [4.69, 9.17) is 33.7 Å². The summed E-state index contributed by atoms with van der Waals surface area (Å²) in [5, 5.41) is 1.11. The van der Waals surface area contributed by atoms with Gasteiger partial charge in [0.2, 0.25) is 0 Å². The quantitative estimate of drug-likeness (QED) is 0.926. The van der Waals surface area contributed by atoms with Gasteiger partial charge in [-0.1, -0.05) is 23.2 Å². The van der Waals surface area contributed by atoms with Crippen LogP contribution in [0.5, 0.6) is 0 Å². The van der Waals surface area contributed by atoms with Crippen LogP contribution in [-0.4, -0.2) is 31.8 Å². The molecule has 1 heterocycles. The number of nitrogens with two attached hydrogens (primary N) is 1. The second-order valence-electron chi connectivity index (χ2n) is 4.07. The number of benzene rings is 1. The molecule has 0 radical (unpaired) electrons. The van der Waals surface area contributed by atoms with E-state index in [1.54, 1.807) is 6.07 Å². The number of aliphatic imine (C=N–C) groups is 1. The highest BCUT2D eigenvalue weighted by atomic mass is 35.5. The minimum Gasteiger partial charge on any atom is -0.463 e. The van der Waals surface area contributed by atoms with E-state index in [1.807, 2.05) is 12.1 Å². The molecule has 0 amide bonds. The number of amidine groups is 1. The maximum absolute atomic E-state index is 6.02. The first-order valence-corrected chi connectivity index (χ1v) is 6.51. The summed E-state index contributed by atoms with van der Waals surface area (Å²) in [6, 6.07) is 5.94. The van der Waals surface area contributed by atoms with Crippen molar-refractivity contribution in [1.29, 1.82) is 0 Å². The minimum absolute atomic E-state index is 0.0689. The predicted molar refractivity (Wildman–Crippen MR) is 75.7 cm³/mol. The van der Waals surface area contributed by atoms with Gasteiger partial charge in [-0.05, 0) is 25.1 Å². The lowest BCUT2D eigenvalue weighted by Crippen LogP contribution is -2.32. The molecule has 1 aromatic carbocycles. The van der Waals surface area contributed by atoms with Gasteiger partial charge < -0.3 is 15.4 Å². The maximum atomic E-state index is 6.02. The molecule has 6 heteroatoms. The van der Waals surface area contributed by atoms with Crippen molar-refractivity contribution in [1.82, 2.24) is 0 Å². The molecule has 98 valence electrons. The third kappa shape index (κ3) is 3.00. The van der Waals surface area contributed by atoms with Crippen LogP contribution in [0.1, 0.15) is 6.92 Å². The van der Waals surface area contributed by atoms with Gasteiger partial charge >= 0.3 is 0 Å². The Balaban J connectivity index is 2.10. The van der Waals surface area contributed by atoms with E-state index in [1.165, 1.54) is 0 Å². The first kappa shape index (κ1) is 13.3. The Hall–Kier alpha value is -1.13. The van der Waals surface area contributed by atoms with Gasteiger partial charge in [0.25, 0.3) is 6.02 Å². The van der Waals surface area contributed by atoms with Crippen LogP contribution in [0.3, 0.4) is 0 Å². The van der Waals surface area contributed by atoms with Crippen molar-refractivity contribution < 1.29 is 4.74 Å². The van der Waals surface area contributed by atoms with Crippen molar-refractivity contribution in [3.8, 4) is 0 Å². The Labute approximate surface area is 116 Å². The number of halogens is 2. The van der Waals surface area contributed by atoms with Gasteiger partial charge in [0.05, 0.1) is 10.0 Å². The van der Waals surface area contributed by atoms with E-state index in [0.717, 1.165) is 18.8 Å². The van der Waals surface area contributed by atoms with Crippen molar-refractivity contribution in [3.05, 3.63) is 28.2 Å². The molecule has 2 N–H and O–H groups in total. The topological polar surface area (TPSA) is 50.9 Å². The fourth-order valence-electron chi connectivity index (χ4n) is 1.88. The summed E-state index contributed by atoms with van der Waals surface area (Å²) in [4.78, 5) is 6.38. The lowest BCUT2D eigenvalue weighted by atomic mass is 10.2. The smallest absolute Gasteiger partial charge is 0.282 e. The number of rotatable bonds is 4. The largest absolute Gasteiger partial charge is 0.463 e. The summed E-state index contributed by atoms with van der Waals surface area (Å²) in [5.74, 6) is 0. The van der Waals surface area contributed by atoms with Crippen LogP contribution in [0.25, 0.3) is 0 Å². The molecule has 0 spiro atoms. The zero-order valence-corrected chi connectivity index (χ0v) is 11.6. The summed E-state index contributed by atoms with van der Waals surface area (Å²) in [7, 11) is 0. The van der Waals surface area contributed by atoms with E-state index in [-0.39, 0.29) is 12.1 Å².